The van der Waals surface area contributed by atoms with Crippen molar-refractivity contribution < 1.29 is 4.74 Å². The van der Waals surface area contributed by atoms with Gasteiger partial charge in [-0.3, -0.25) is 4.98 Å². The molecule has 0 atom stereocenters. The summed E-state index contributed by atoms with van der Waals surface area (Å²) < 4.78 is 5.90. The molecular formula is C21H17ClN4O. The van der Waals surface area contributed by atoms with E-state index < -0.39 is 0 Å². The summed E-state index contributed by atoms with van der Waals surface area (Å²) in [5, 5.41) is 4.80. The summed E-state index contributed by atoms with van der Waals surface area (Å²) in [6.07, 6.45) is 3.47. The Bertz CT molecular complexity index is 1110. The van der Waals surface area contributed by atoms with E-state index in [1.165, 1.54) is 0 Å². The summed E-state index contributed by atoms with van der Waals surface area (Å²) in [4.78, 5) is 13.1. The minimum absolute atomic E-state index is 0.528. The second-order valence-electron chi connectivity index (χ2n) is 6.24. The molecular weight excluding hydrogens is 360 g/mol. The average Bonchev–Trinajstić information content (AvgIpc) is 2.66. The number of fused-ring (bicyclic) bond motifs is 1. The van der Waals surface area contributed by atoms with Gasteiger partial charge in [0.25, 0.3) is 0 Å². The molecule has 0 unspecified atom stereocenters. The molecule has 4 aromatic rings. The van der Waals surface area contributed by atoms with E-state index >= 15 is 0 Å². The smallest absolute Gasteiger partial charge is 0.227 e. The van der Waals surface area contributed by atoms with E-state index in [-0.39, 0.29) is 0 Å². The van der Waals surface area contributed by atoms with Gasteiger partial charge in [0.1, 0.15) is 11.5 Å². The lowest BCUT2D eigenvalue weighted by atomic mass is 10.2. The fourth-order valence-corrected chi connectivity index (χ4v) is 2.86. The zero-order chi connectivity index (χ0) is 18.8. The van der Waals surface area contributed by atoms with Gasteiger partial charge < -0.3 is 10.1 Å². The number of benzene rings is 2. The summed E-state index contributed by atoms with van der Waals surface area (Å²) in [5.41, 5.74) is 3.67. The molecule has 2 aromatic carbocycles. The number of aryl methyl sites for hydroxylation is 2. The number of anilines is 2. The largest absolute Gasteiger partial charge is 0.455 e. The number of halogens is 1. The maximum absolute atomic E-state index is 6.00. The number of hydrogen-bond donors (Lipinski definition) is 1. The quantitative estimate of drug-likeness (QED) is 0.485. The molecule has 0 saturated heterocycles. The molecule has 2 heterocycles. The molecule has 0 radical (unpaired) electrons. The number of ether oxygens (including phenoxy) is 1. The van der Waals surface area contributed by atoms with Crippen molar-refractivity contribution in [2.75, 3.05) is 5.32 Å². The Morgan fingerprint density at radius 2 is 1.81 bits per heavy atom. The second-order valence-corrected chi connectivity index (χ2v) is 6.68. The van der Waals surface area contributed by atoms with Crippen LogP contribution in [0.5, 0.6) is 11.5 Å². The van der Waals surface area contributed by atoms with E-state index in [4.69, 9.17) is 16.3 Å². The molecule has 0 spiro atoms. The number of nitrogens with zero attached hydrogens (tertiary/aromatic N) is 3. The van der Waals surface area contributed by atoms with Crippen LogP contribution in [0.3, 0.4) is 0 Å². The maximum atomic E-state index is 6.00. The third-order valence-corrected chi connectivity index (χ3v) is 4.32. The zero-order valence-electron chi connectivity index (χ0n) is 14.9. The van der Waals surface area contributed by atoms with Gasteiger partial charge in [-0.25, -0.2) is 9.97 Å². The van der Waals surface area contributed by atoms with Gasteiger partial charge in [0, 0.05) is 28.0 Å². The Hall–Kier alpha value is -3.18. The zero-order valence-corrected chi connectivity index (χ0v) is 15.7. The molecule has 0 amide bonds. The monoisotopic (exact) mass is 376 g/mol. The van der Waals surface area contributed by atoms with E-state index in [1.54, 1.807) is 12.4 Å². The summed E-state index contributed by atoms with van der Waals surface area (Å²) in [6.45, 7) is 3.93. The van der Waals surface area contributed by atoms with Crippen molar-refractivity contribution in [3.8, 4) is 11.5 Å². The number of pyridine rings is 1. The molecule has 134 valence electrons. The van der Waals surface area contributed by atoms with E-state index in [0.717, 1.165) is 33.6 Å². The van der Waals surface area contributed by atoms with E-state index in [0.29, 0.717) is 16.7 Å². The highest BCUT2D eigenvalue weighted by atomic mass is 35.5. The molecule has 0 bridgehead atoms. The standard InChI is InChI=1S/C21H17ClN4O/c1-13-9-17(5-8-20(13)27-18-6-3-14(2)23-12-18)25-21-24-11-15-10-16(22)4-7-19(15)26-21/h3-12H,1-2H3,(H,24,25,26). The van der Waals surface area contributed by atoms with Crippen LogP contribution in [0.25, 0.3) is 10.9 Å². The maximum Gasteiger partial charge on any atom is 0.227 e. The first-order chi connectivity index (χ1) is 13.1. The predicted molar refractivity (Wildman–Crippen MR) is 108 cm³/mol. The molecule has 0 aliphatic heterocycles. The van der Waals surface area contributed by atoms with Crippen molar-refractivity contribution in [1.29, 1.82) is 0 Å². The molecule has 0 aliphatic rings. The van der Waals surface area contributed by atoms with Crippen molar-refractivity contribution >= 4 is 34.1 Å². The van der Waals surface area contributed by atoms with Gasteiger partial charge in [0.2, 0.25) is 5.95 Å². The highest BCUT2D eigenvalue weighted by molar-refractivity contribution is 6.31. The third kappa shape index (κ3) is 3.99. The van der Waals surface area contributed by atoms with Gasteiger partial charge in [-0.2, -0.15) is 0 Å². The second kappa shape index (κ2) is 7.21. The van der Waals surface area contributed by atoms with Gasteiger partial charge in [-0.1, -0.05) is 11.6 Å². The molecule has 27 heavy (non-hydrogen) atoms. The Balaban J connectivity index is 1.53. The van der Waals surface area contributed by atoms with E-state index in [9.17, 15) is 0 Å². The van der Waals surface area contributed by atoms with Gasteiger partial charge in [-0.05, 0) is 67.9 Å². The summed E-state index contributed by atoms with van der Waals surface area (Å²) in [7, 11) is 0. The van der Waals surface area contributed by atoms with Crippen molar-refractivity contribution in [3.63, 3.8) is 0 Å². The van der Waals surface area contributed by atoms with Crippen LogP contribution < -0.4 is 10.1 Å². The van der Waals surface area contributed by atoms with Crippen LogP contribution in [0, 0.1) is 13.8 Å². The SMILES string of the molecule is Cc1ccc(Oc2ccc(Nc3ncc4cc(Cl)ccc4n3)cc2C)cn1. The number of nitrogens with one attached hydrogen (secondary N) is 1. The lowest BCUT2D eigenvalue weighted by Gasteiger charge is -2.11. The average molecular weight is 377 g/mol. The van der Waals surface area contributed by atoms with Gasteiger partial charge in [-0.15, -0.1) is 0 Å². The molecule has 6 heteroatoms. The highest BCUT2D eigenvalue weighted by Crippen LogP contribution is 2.28. The Morgan fingerprint density at radius 1 is 0.926 bits per heavy atom. The molecule has 0 aliphatic carbocycles. The fourth-order valence-electron chi connectivity index (χ4n) is 2.68. The lowest BCUT2D eigenvalue weighted by Crippen LogP contribution is -1.98. The number of hydrogen-bond acceptors (Lipinski definition) is 5. The lowest BCUT2D eigenvalue weighted by molar-refractivity contribution is 0.476. The predicted octanol–water partition coefficient (Wildman–Crippen LogP) is 5.83. The van der Waals surface area contributed by atoms with Gasteiger partial charge in [0.05, 0.1) is 11.7 Å². The van der Waals surface area contributed by atoms with Gasteiger partial charge in [0.15, 0.2) is 0 Å². The number of rotatable bonds is 4. The molecule has 2 aromatic heterocycles. The van der Waals surface area contributed by atoms with Crippen LogP contribution in [-0.4, -0.2) is 15.0 Å². The van der Waals surface area contributed by atoms with Crippen LogP contribution >= 0.6 is 11.6 Å². The molecule has 5 nitrogen and oxygen atoms in total. The van der Waals surface area contributed by atoms with Crippen LogP contribution in [-0.2, 0) is 0 Å². The first-order valence-electron chi connectivity index (χ1n) is 8.47. The van der Waals surface area contributed by atoms with E-state index in [2.05, 4.69) is 20.3 Å². The Morgan fingerprint density at radius 3 is 2.59 bits per heavy atom. The van der Waals surface area contributed by atoms with Gasteiger partial charge >= 0.3 is 0 Å². The minimum atomic E-state index is 0.528. The highest BCUT2D eigenvalue weighted by Gasteiger charge is 2.06. The molecule has 0 saturated carbocycles. The van der Waals surface area contributed by atoms with Crippen LogP contribution in [0.1, 0.15) is 11.3 Å². The van der Waals surface area contributed by atoms with Crippen LogP contribution in [0.2, 0.25) is 5.02 Å². The van der Waals surface area contributed by atoms with Crippen molar-refractivity contribution in [3.05, 3.63) is 77.2 Å². The first kappa shape index (κ1) is 17.2. The molecule has 0 fully saturated rings. The van der Waals surface area contributed by atoms with Crippen molar-refractivity contribution in [2.24, 2.45) is 0 Å². The summed E-state index contributed by atoms with van der Waals surface area (Å²) >= 11 is 6.00. The van der Waals surface area contributed by atoms with Crippen molar-refractivity contribution in [2.45, 2.75) is 13.8 Å². The number of aromatic nitrogens is 3. The Labute approximate surface area is 162 Å². The van der Waals surface area contributed by atoms with Crippen molar-refractivity contribution in [1.82, 2.24) is 15.0 Å². The van der Waals surface area contributed by atoms with E-state index in [1.807, 2.05) is 62.4 Å². The van der Waals surface area contributed by atoms with Crippen LogP contribution in [0.15, 0.2) is 60.9 Å². The summed E-state index contributed by atoms with van der Waals surface area (Å²) in [6, 6.07) is 15.2. The van der Waals surface area contributed by atoms with Crippen LogP contribution in [0.4, 0.5) is 11.6 Å². The fraction of sp³-hybridized carbons (Fsp3) is 0.0952. The topological polar surface area (TPSA) is 59.9 Å². The third-order valence-electron chi connectivity index (χ3n) is 4.08. The molecule has 4 rings (SSSR count). The molecule has 1 N–H and O–H groups in total. The summed E-state index contributed by atoms with van der Waals surface area (Å²) in [5.74, 6) is 2.02. The normalized spacial score (nSPS) is 10.8. The first-order valence-corrected chi connectivity index (χ1v) is 8.85. The minimum Gasteiger partial charge on any atom is -0.455 e. The Kier molecular flexibility index (Phi) is 4.60.